The predicted octanol–water partition coefficient (Wildman–Crippen LogP) is 3.25. The van der Waals surface area contributed by atoms with Gasteiger partial charge >= 0.3 is 0 Å². The fourth-order valence-electron chi connectivity index (χ4n) is 1.69. The lowest BCUT2D eigenvalue weighted by Crippen LogP contribution is -2.16. The Kier molecular flexibility index (Phi) is 4.65. The standard InChI is InChI=1S/C15H14ClNO4/c1-3-20-14-8-21-13(7-12(14)18)15(19)17-11-6-10(16)5-4-9(11)2/h4-8H,3H2,1-2H3,(H,17,19). The SMILES string of the molecule is CCOc1coc(C(=O)Nc2cc(Cl)ccc2C)cc1=O. The smallest absolute Gasteiger partial charge is 0.291 e. The summed E-state index contributed by atoms with van der Waals surface area (Å²) in [5.41, 5.74) is 1.00. The summed E-state index contributed by atoms with van der Waals surface area (Å²) < 4.78 is 10.2. The zero-order valence-electron chi connectivity index (χ0n) is 11.6. The summed E-state index contributed by atoms with van der Waals surface area (Å²) in [5, 5.41) is 3.15. The number of carbonyl (C=O) groups excluding carboxylic acids is 1. The minimum Gasteiger partial charge on any atom is -0.487 e. The quantitative estimate of drug-likeness (QED) is 0.941. The van der Waals surface area contributed by atoms with Gasteiger partial charge < -0.3 is 14.5 Å². The minimum atomic E-state index is -0.527. The van der Waals surface area contributed by atoms with E-state index >= 15 is 0 Å². The van der Waals surface area contributed by atoms with Crippen LogP contribution in [0.2, 0.25) is 5.02 Å². The molecule has 0 spiro atoms. The van der Waals surface area contributed by atoms with Crippen LogP contribution in [0.1, 0.15) is 23.0 Å². The highest BCUT2D eigenvalue weighted by atomic mass is 35.5. The summed E-state index contributed by atoms with van der Waals surface area (Å²) in [6, 6.07) is 6.23. The Hall–Kier alpha value is -2.27. The molecule has 0 saturated carbocycles. The number of amides is 1. The number of hydrogen-bond donors (Lipinski definition) is 1. The van der Waals surface area contributed by atoms with Gasteiger partial charge in [0.1, 0.15) is 6.26 Å². The molecule has 5 nitrogen and oxygen atoms in total. The van der Waals surface area contributed by atoms with Crippen molar-refractivity contribution in [3.8, 4) is 5.75 Å². The molecule has 0 aliphatic carbocycles. The maximum Gasteiger partial charge on any atom is 0.291 e. The second-order valence-corrected chi connectivity index (χ2v) is 4.76. The monoisotopic (exact) mass is 307 g/mol. The molecule has 0 aliphatic heterocycles. The maximum atomic E-state index is 12.1. The lowest BCUT2D eigenvalue weighted by atomic mass is 10.2. The fourth-order valence-corrected chi connectivity index (χ4v) is 1.86. The summed E-state index contributed by atoms with van der Waals surface area (Å²) >= 11 is 5.89. The minimum absolute atomic E-state index is 0.0768. The number of carbonyl (C=O) groups is 1. The van der Waals surface area contributed by atoms with Crippen molar-refractivity contribution in [3.05, 3.63) is 57.1 Å². The van der Waals surface area contributed by atoms with Crippen molar-refractivity contribution in [2.24, 2.45) is 0 Å². The van der Waals surface area contributed by atoms with Crippen LogP contribution >= 0.6 is 11.6 Å². The van der Waals surface area contributed by atoms with E-state index in [0.29, 0.717) is 17.3 Å². The van der Waals surface area contributed by atoms with Gasteiger partial charge in [-0.3, -0.25) is 9.59 Å². The fraction of sp³-hybridized carbons (Fsp3) is 0.200. The molecule has 110 valence electrons. The molecule has 2 rings (SSSR count). The summed E-state index contributed by atoms with van der Waals surface area (Å²) in [6.45, 7) is 3.93. The average Bonchev–Trinajstić information content (AvgIpc) is 2.45. The topological polar surface area (TPSA) is 68.5 Å². The number of anilines is 1. The molecule has 1 aromatic carbocycles. The molecule has 0 fully saturated rings. The molecule has 0 unspecified atom stereocenters. The maximum absolute atomic E-state index is 12.1. The lowest BCUT2D eigenvalue weighted by Gasteiger charge is -2.08. The van der Waals surface area contributed by atoms with Crippen molar-refractivity contribution in [1.82, 2.24) is 0 Å². The Morgan fingerprint density at radius 2 is 2.14 bits per heavy atom. The number of halogens is 1. The molecule has 0 radical (unpaired) electrons. The highest BCUT2D eigenvalue weighted by molar-refractivity contribution is 6.31. The Morgan fingerprint density at radius 1 is 1.38 bits per heavy atom. The number of ether oxygens (including phenoxy) is 1. The molecule has 0 saturated heterocycles. The second kappa shape index (κ2) is 6.45. The van der Waals surface area contributed by atoms with Crippen LogP contribution in [0.25, 0.3) is 0 Å². The Balaban J connectivity index is 2.22. The molecule has 0 bridgehead atoms. The third-order valence-corrected chi connectivity index (χ3v) is 3.00. The van der Waals surface area contributed by atoms with E-state index in [4.69, 9.17) is 20.8 Å². The molecule has 1 heterocycles. The molecule has 0 aliphatic rings. The van der Waals surface area contributed by atoms with E-state index in [1.807, 2.05) is 6.92 Å². The molecule has 0 atom stereocenters. The first-order valence-electron chi connectivity index (χ1n) is 6.34. The van der Waals surface area contributed by atoms with Crippen LogP contribution in [0.15, 0.2) is 39.7 Å². The first-order valence-corrected chi connectivity index (χ1v) is 6.72. The second-order valence-electron chi connectivity index (χ2n) is 4.32. The van der Waals surface area contributed by atoms with Crippen LogP contribution in [0.4, 0.5) is 5.69 Å². The first-order chi connectivity index (χ1) is 10.0. The Bertz CT molecular complexity index is 724. The molecule has 6 heteroatoms. The number of hydrogen-bond acceptors (Lipinski definition) is 4. The number of nitrogens with one attached hydrogen (secondary N) is 1. The largest absolute Gasteiger partial charge is 0.487 e. The van der Waals surface area contributed by atoms with E-state index in [0.717, 1.165) is 17.9 Å². The first kappa shape index (κ1) is 15.1. The molecule has 1 amide bonds. The Morgan fingerprint density at radius 3 is 2.81 bits per heavy atom. The van der Waals surface area contributed by atoms with E-state index in [9.17, 15) is 9.59 Å². The van der Waals surface area contributed by atoms with Gasteiger partial charge in [-0.2, -0.15) is 0 Å². The zero-order valence-corrected chi connectivity index (χ0v) is 12.4. The van der Waals surface area contributed by atoms with Gasteiger partial charge in [-0.1, -0.05) is 17.7 Å². The molecule has 1 aromatic heterocycles. The Labute approximate surface area is 126 Å². The molecular formula is C15H14ClNO4. The highest BCUT2D eigenvalue weighted by Gasteiger charge is 2.13. The third-order valence-electron chi connectivity index (χ3n) is 2.77. The van der Waals surface area contributed by atoms with E-state index in [1.54, 1.807) is 25.1 Å². The number of rotatable bonds is 4. The van der Waals surface area contributed by atoms with Crippen molar-refractivity contribution < 1.29 is 13.9 Å². The summed E-state index contributed by atoms with van der Waals surface area (Å²) in [4.78, 5) is 23.8. The van der Waals surface area contributed by atoms with E-state index in [2.05, 4.69) is 5.32 Å². The zero-order chi connectivity index (χ0) is 15.4. The number of benzene rings is 1. The van der Waals surface area contributed by atoms with Crippen LogP contribution in [-0.4, -0.2) is 12.5 Å². The van der Waals surface area contributed by atoms with E-state index < -0.39 is 11.3 Å². The van der Waals surface area contributed by atoms with Crippen molar-refractivity contribution in [2.45, 2.75) is 13.8 Å². The van der Waals surface area contributed by atoms with Gasteiger partial charge in [-0.05, 0) is 31.5 Å². The molecule has 21 heavy (non-hydrogen) atoms. The van der Waals surface area contributed by atoms with Gasteiger partial charge in [0, 0.05) is 16.8 Å². The third kappa shape index (κ3) is 3.64. The lowest BCUT2D eigenvalue weighted by molar-refractivity contribution is 0.0993. The van der Waals surface area contributed by atoms with Crippen LogP contribution in [0.3, 0.4) is 0 Å². The van der Waals surface area contributed by atoms with E-state index in [1.165, 1.54) is 0 Å². The summed E-state index contributed by atoms with van der Waals surface area (Å²) in [5.74, 6) is -0.545. The van der Waals surface area contributed by atoms with Crippen molar-refractivity contribution in [3.63, 3.8) is 0 Å². The van der Waals surface area contributed by atoms with Gasteiger partial charge in [-0.25, -0.2) is 0 Å². The van der Waals surface area contributed by atoms with Crippen LogP contribution in [0.5, 0.6) is 5.75 Å². The van der Waals surface area contributed by atoms with Crippen LogP contribution in [0, 0.1) is 6.92 Å². The molecule has 1 N–H and O–H groups in total. The highest BCUT2D eigenvalue weighted by Crippen LogP contribution is 2.20. The molecule has 2 aromatic rings. The van der Waals surface area contributed by atoms with Gasteiger partial charge in [0.2, 0.25) is 11.2 Å². The normalized spacial score (nSPS) is 10.2. The van der Waals surface area contributed by atoms with Gasteiger partial charge in [0.25, 0.3) is 5.91 Å². The van der Waals surface area contributed by atoms with Crippen LogP contribution in [-0.2, 0) is 0 Å². The van der Waals surface area contributed by atoms with E-state index in [-0.39, 0.29) is 11.5 Å². The van der Waals surface area contributed by atoms with Crippen LogP contribution < -0.4 is 15.5 Å². The van der Waals surface area contributed by atoms with Crippen molar-refractivity contribution >= 4 is 23.2 Å². The van der Waals surface area contributed by atoms with Gasteiger partial charge in [0.05, 0.1) is 6.61 Å². The van der Waals surface area contributed by atoms with Gasteiger partial charge in [-0.15, -0.1) is 0 Å². The van der Waals surface area contributed by atoms with Crippen molar-refractivity contribution in [1.29, 1.82) is 0 Å². The summed E-state index contributed by atoms with van der Waals surface area (Å²) in [6.07, 6.45) is 1.13. The number of aryl methyl sites for hydroxylation is 1. The van der Waals surface area contributed by atoms with Crippen molar-refractivity contribution in [2.75, 3.05) is 11.9 Å². The summed E-state index contributed by atoms with van der Waals surface area (Å²) in [7, 11) is 0. The van der Waals surface area contributed by atoms with Gasteiger partial charge in [0.15, 0.2) is 5.76 Å². The average molecular weight is 308 g/mol. The predicted molar refractivity (Wildman–Crippen MR) is 80.3 cm³/mol. The molecular weight excluding hydrogens is 294 g/mol.